The average Bonchev–Trinajstić information content (AvgIpc) is 2.49. The van der Waals surface area contributed by atoms with Gasteiger partial charge in [-0.15, -0.1) is 0 Å². The average molecular weight is 292 g/mol. The van der Waals surface area contributed by atoms with Crippen LogP contribution in [0.25, 0.3) is 0 Å². The zero-order valence-corrected chi connectivity index (χ0v) is 14.5. The van der Waals surface area contributed by atoms with Gasteiger partial charge in [-0.25, -0.2) is 0 Å². The quantitative estimate of drug-likeness (QED) is 0.502. The molecule has 0 fully saturated rings. The van der Waals surface area contributed by atoms with E-state index in [1.54, 1.807) is 0 Å². The standard InChI is InChI=1S/C17H28O2Si/c1-6-20(7-2,8-3)19-17(14(4)5)16(18)15-12-10-9-11-13-15/h9-14,17H,6-8H2,1-5H3/t17-/m0/s1. The van der Waals surface area contributed by atoms with E-state index in [1.807, 2.05) is 30.3 Å². The topological polar surface area (TPSA) is 26.3 Å². The maximum Gasteiger partial charge on any atom is 0.193 e. The molecule has 0 aliphatic rings. The van der Waals surface area contributed by atoms with Crippen molar-refractivity contribution in [3.8, 4) is 0 Å². The Morgan fingerprint density at radius 1 is 1.05 bits per heavy atom. The van der Waals surface area contributed by atoms with Gasteiger partial charge in [0.1, 0.15) is 6.10 Å². The molecule has 0 radical (unpaired) electrons. The Hall–Kier alpha value is -0.933. The Labute approximate surface area is 124 Å². The number of carbonyl (C=O) groups is 1. The van der Waals surface area contributed by atoms with Gasteiger partial charge in [0.15, 0.2) is 14.1 Å². The van der Waals surface area contributed by atoms with Crippen molar-refractivity contribution in [3.63, 3.8) is 0 Å². The lowest BCUT2D eigenvalue weighted by atomic mass is 9.98. The molecule has 0 heterocycles. The van der Waals surface area contributed by atoms with Crippen molar-refractivity contribution in [2.75, 3.05) is 0 Å². The van der Waals surface area contributed by atoms with E-state index in [1.165, 1.54) is 0 Å². The highest BCUT2D eigenvalue weighted by Gasteiger charge is 2.36. The summed E-state index contributed by atoms with van der Waals surface area (Å²) in [6, 6.07) is 12.7. The number of ketones is 1. The molecule has 0 spiro atoms. The van der Waals surface area contributed by atoms with E-state index in [4.69, 9.17) is 4.43 Å². The van der Waals surface area contributed by atoms with Crippen molar-refractivity contribution in [3.05, 3.63) is 35.9 Å². The molecule has 0 bridgehead atoms. The maximum atomic E-state index is 12.7. The summed E-state index contributed by atoms with van der Waals surface area (Å²) in [6.45, 7) is 10.7. The lowest BCUT2D eigenvalue weighted by Gasteiger charge is -2.34. The molecule has 0 amide bonds. The molecule has 0 unspecified atom stereocenters. The minimum atomic E-state index is -1.76. The third kappa shape index (κ3) is 4.03. The number of rotatable bonds is 8. The smallest absolute Gasteiger partial charge is 0.193 e. The largest absolute Gasteiger partial charge is 0.406 e. The molecule has 0 saturated carbocycles. The highest BCUT2D eigenvalue weighted by atomic mass is 28.4. The van der Waals surface area contributed by atoms with E-state index < -0.39 is 8.32 Å². The highest BCUT2D eigenvalue weighted by Crippen LogP contribution is 2.27. The number of benzene rings is 1. The van der Waals surface area contributed by atoms with Crippen LogP contribution in [0.3, 0.4) is 0 Å². The minimum absolute atomic E-state index is 0.132. The number of Topliss-reactive ketones (excluding diaryl/α,β-unsaturated/α-hetero) is 1. The predicted molar refractivity (Wildman–Crippen MR) is 87.7 cm³/mol. The van der Waals surface area contributed by atoms with Crippen molar-refractivity contribution in [1.82, 2.24) is 0 Å². The summed E-state index contributed by atoms with van der Waals surface area (Å²) in [5.41, 5.74) is 0.761. The fourth-order valence-corrected chi connectivity index (χ4v) is 5.45. The Balaban J connectivity index is 2.98. The molecular weight excluding hydrogens is 264 g/mol. The summed E-state index contributed by atoms with van der Waals surface area (Å²) in [5, 5.41) is 0. The van der Waals surface area contributed by atoms with Gasteiger partial charge < -0.3 is 4.43 Å². The van der Waals surface area contributed by atoms with Gasteiger partial charge in [-0.05, 0) is 24.1 Å². The van der Waals surface area contributed by atoms with Crippen molar-refractivity contribution < 1.29 is 9.22 Å². The second-order valence-electron chi connectivity index (χ2n) is 5.76. The number of hydrogen-bond donors (Lipinski definition) is 0. The Morgan fingerprint density at radius 3 is 1.95 bits per heavy atom. The van der Waals surface area contributed by atoms with E-state index in [0.717, 1.165) is 23.7 Å². The van der Waals surface area contributed by atoms with Gasteiger partial charge in [0, 0.05) is 5.56 Å². The van der Waals surface area contributed by atoms with Crippen LogP contribution in [0.5, 0.6) is 0 Å². The van der Waals surface area contributed by atoms with Crippen molar-refractivity contribution in [1.29, 1.82) is 0 Å². The zero-order valence-electron chi connectivity index (χ0n) is 13.5. The normalized spacial score (nSPS) is 13.5. The molecule has 1 rings (SSSR count). The van der Waals surface area contributed by atoms with Gasteiger partial charge in [-0.3, -0.25) is 4.79 Å². The molecule has 0 aromatic heterocycles. The van der Waals surface area contributed by atoms with Crippen LogP contribution in [0.2, 0.25) is 18.1 Å². The van der Waals surface area contributed by atoms with E-state index in [0.29, 0.717) is 0 Å². The monoisotopic (exact) mass is 292 g/mol. The lowest BCUT2D eigenvalue weighted by Crippen LogP contribution is -2.44. The zero-order chi connectivity index (χ0) is 15.2. The molecule has 1 atom stereocenters. The van der Waals surface area contributed by atoms with Crippen LogP contribution in [0.1, 0.15) is 45.0 Å². The number of carbonyl (C=O) groups excluding carboxylic acids is 1. The van der Waals surface area contributed by atoms with Gasteiger partial charge in [0.25, 0.3) is 0 Å². The van der Waals surface area contributed by atoms with Gasteiger partial charge >= 0.3 is 0 Å². The molecule has 0 N–H and O–H groups in total. The highest BCUT2D eigenvalue weighted by molar-refractivity contribution is 6.73. The summed E-state index contributed by atoms with van der Waals surface area (Å²) in [6.07, 6.45) is -0.302. The Morgan fingerprint density at radius 2 is 1.55 bits per heavy atom. The third-order valence-electron chi connectivity index (χ3n) is 4.23. The van der Waals surface area contributed by atoms with Gasteiger partial charge in [-0.2, -0.15) is 0 Å². The Kier molecular flexibility index (Phi) is 6.63. The van der Waals surface area contributed by atoms with Gasteiger partial charge in [0.2, 0.25) is 0 Å². The first kappa shape index (κ1) is 17.1. The molecule has 1 aromatic carbocycles. The molecule has 112 valence electrons. The summed E-state index contributed by atoms with van der Waals surface area (Å²) in [7, 11) is -1.76. The second-order valence-corrected chi connectivity index (χ2v) is 10.5. The van der Waals surface area contributed by atoms with Gasteiger partial charge in [0.05, 0.1) is 0 Å². The molecule has 2 nitrogen and oxygen atoms in total. The van der Waals surface area contributed by atoms with Crippen LogP contribution in [-0.4, -0.2) is 20.2 Å². The molecule has 0 saturated heterocycles. The molecule has 1 aromatic rings. The van der Waals surface area contributed by atoms with Crippen LogP contribution in [0.15, 0.2) is 30.3 Å². The van der Waals surface area contributed by atoms with E-state index >= 15 is 0 Å². The third-order valence-corrected chi connectivity index (χ3v) is 8.85. The lowest BCUT2D eigenvalue weighted by molar-refractivity contribution is 0.0683. The fourth-order valence-electron chi connectivity index (χ4n) is 2.53. The fraction of sp³-hybridized carbons (Fsp3) is 0.588. The summed E-state index contributed by atoms with van der Waals surface area (Å²) < 4.78 is 6.45. The van der Waals surface area contributed by atoms with Crippen LogP contribution in [-0.2, 0) is 4.43 Å². The van der Waals surface area contributed by atoms with E-state index in [9.17, 15) is 4.79 Å². The van der Waals surface area contributed by atoms with Crippen LogP contribution in [0, 0.1) is 5.92 Å². The van der Waals surface area contributed by atoms with Crippen molar-refractivity contribution in [2.45, 2.75) is 58.9 Å². The second kappa shape index (κ2) is 7.74. The predicted octanol–water partition coefficient (Wildman–Crippen LogP) is 4.92. The minimum Gasteiger partial charge on any atom is -0.406 e. The maximum absolute atomic E-state index is 12.7. The first-order valence-electron chi connectivity index (χ1n) is 7.76. The van der Waals surface area contributed by atoms with Gasteiger partial charge in [-0.1, -0.05) is 65.0 Å². The van der Waals surface area contributed by atoms with Crippen LogP contribution in [0.4, 0.5) is 0 Å². The van der Waals surface area contributed by atoms with Crippen molar-refractivity contribution >= 4 is 14.1 Å². The van der Waals surface area contributed by atoms with Crippen molar-refractivity contribution in [2.24, 2.45) is 5.92 Å². The summed E-state index contributed by atoms with van der Waals surface area (Å²) in [4.78, 5) is 12.7. The van der Waals surface area contributed by atoms with E-state index in [-0.39, 0.29) is 17.8 Å². The SMILES string of the molecule is CC[Si](CC)(CC)O[C@H](C(=O)c1ccccc1)C(C)C. The molecule has 20 heavy (non-hydrogen) atoms. The molecule has 0 aliphatic heterocycles. The molecule has 3 heteroatoms. The van der Waals surface area contributed by atoms with Crippen LogP contribution < -0.4 is 0 Å². The summed E-state index contributed by atoms with van der Waals surface area (Å²) >= 11 is 0. The summed E-state index contributed by atoms with van der Waals surface area (Å²) in [5.74, 6) is 0.340. The Bertz CT molecular complexity index is 402. The number of hydrogen-bond acceptors (Lipinski definition) is 2. The molecular formula is C17H28O2Si. The first-order valence-corrected chi connectivity index (χ1v) is 10.3. The van der Waals surface area contributed by atoms with E-state index in [2.05, 4.69) is 34.6 Å². The molecule has 0 aliphatic carbocycles. The van der Waals surface area contributed by atoms with Crippen LogP contribution >= 0.6 is 0 Å². The first-order chi connectivity index (χ1) is 9.49.